The van der Waals surface area contributed by atoms with Crippen LogP contribution in [0.5, 0.6) is 0 Å². The van der Waals surface area contributed by atoms with Crippen LogP contribution in [0.4, 0.5) is 0 Å². The van der Waals surface area contributed by atoms with Crippen LogP contribution in [0, 0.1) is 0 Å². The van der Waals surface area contributed by atoms with Crippen molar-refractivity contribution in [1.29, 1.82) is 0 Å². The number of benzene rings is 1. The maximum atomic E-state index is 4.45. The predicted octanol–water partition coefficient (Wildman–Crippen LogP) is 3.33. The lowest BCUT2D eigenvalue weighted by Crippen LogP contribution is -2.09. The maximum Gasteiger partial charge on any atom is 0.123 e. The summed E-state index contributed by atoms with van der Waals surface area (Å²) < 4.78 is 1.09. The Morgan fingerprint density at radius 2 is 2.31 bits per heavy atom. The van der Waals surface area contributed by atoms with Crippen molar-refractivity contribution in [2.24, 2.45) is 0 Å². The van der Waals surface area contributed by atoms with E-state index in [-0.39, 0.29) is 0 Å². The summed E-state index contributed by atoms with van der Waals surface area (Å²) in [5.74, 6) is 0. The zero-order valence-corrected chi connectivity index (χ0v) is 11.4. The topological polar surface area (TPSA) is 24.9 Å². The normalized spacial score (nSPS) is 10.6. The van der Waals surface area contributed by atoms with Gasteiger partial charge in [-0.3, -0.25) is 0 Å². The summed E-state index contributed by atoms with van der Waals surface area (Å²) in [6.07, 6.45) is 3.01. The molecule has 0 amide bonds. The van der Waals surface area contributed by atoms with E-state index < -0.39 is 0 Å². The Morgan fingerprint density at radius 1 is 1.44 bits per heavy atom. The average Bonchev–Trinajstić information content (AvgIpc) is 2.75. The van der Waals surface area contributed by atoms with Crippen LogP contribution >= 0.6 is 27.3 Å². The van der Waals surface area contributed by atoms with E-state index in [4.69, 9.17) is 0 Å². The monoisotopic (exact) mass is 296 g/mol. The molecule has 0 fully saturated rings. The molecule has 0 spiro atoms. The maximum absolute atomic E-state index is 4.45. The highest BCUT2D eigenvalue weighted by atomic mass is 79.9. The smallest absolute Gasteiger partial charge is 0.123 e. The Morgan fingerprint density at radius 3 is 3.06 bits per heavy atom. The lowest BCUT2D eigenvalue weighted by Gasteiger charge is -1.96. The van der Waals surface area contributed by atoms with Gasteiger partial charge in [0.05, 0.1) is 0 Å². The fraction of sp³-hybridized carbons (Fsp3) is 0.250. The van der Waals surface area contributed by atoms with Gasteiger partial charge in [-0.15, -0.1) is 11.3 Å². The molecule has 0 aliphatic rings. The summed E-state index contributed by atoms with van der Waals surface area (Å²) in [5, 5.41) is 4.24. The highest BCUT2D eigenvalue weighted by Gasteiger charge is 2.04. The number of rotatable bonds is 4. The minimum Gasteiger partial charge on any atom is -0.319 e. The molecule has 1 aromatic heterocycles. The molecule has 0 atom stereocenters. The number of thiazole rings is 1. The van der Waals surface area contributed by atoms with E-state index in [0.29, 0.717) is 0 Å². The first-order valence-electron chi connectivity index (χ1n) is 5.15. The van der Waals surface area contributed by atoms with Gasteiger partial charge in [0.1, 0.15) is 5.01 Å². The number of nitrogens with zero attached hydrogens (tertiary/aromatic N) is 1. The summed E-state index contributed by atoms with van der Waals surface area (Å²) in [7, 11) is 1.97. The lowest BCUT2D eigenvalue weighted by atomic mass is 10.2. The van der Waals surface area contributed by atoms with E-state index in [2.05, 4.69) is 38.4 Å². The molecule has 0 bridgehead atoms. The van der Waals surface area contributed by atoms with Crippen molar-refractivity contribution in [2.75, 3.05) is 13.6 Å². The van der Waals surface area contributed by atoms with Crippen molar-refractivity contribution < 1.29 is 0 Å². The predicted molar refractivity (Wildman–Crippen MR) is 72.9 cm³/mol. The summed E-state index contributed by atoms with van der Waals surface area (Å²) in [5.41, 5.74) is 1.18. The zero-order chi connectivity index (χ0) is 11.4. The zero-order valence-electron chi connectivity index (χ0n) is 9.03. The first kappa shape index (κ1) is 11.8. The van der Waals surface area contributed by atoms with Crippen molar-refractivity contribution in [3.05, 3.63) is 39.8 Å². The van der Waals surface area contributed by atoms with Crippen molar-refractivity contribution >= 4 is 27.3 Å². The molecule has 2 rings (SSSR count). The molecular formula is C12H13BrN2S. The molecule has 16 heavy (non-hydrogen) atoms. The first-order chi connectivity index (χ1) is 7.79. The second-order valence-corrected chi connectivity index (χ2v) is 5.53. The molecule has 0 radical (unpaired) electrons. The highest BCUT2D eigenvalue weighted by Crippen LogP contribution is 2.27. The fourth-order valence-electron chi connectivity index (χ4n) is 1.43. The van der Waals surface area contributed by atoms with Gasteiger partial charge >= 0.3 is 0 Å². The van der Waals surface area contributed by atoms with Gasteiger partial charge in [-0.2, -0.15) is 0 Å². The molecule has 1 heterocycles. The molecule has 0 saturated heterocycles. The van der Waals surface area contributed by atoms with Crippen LogP contribution in [0.15, 0.2) is 34.9 Å². The third-order valence-electron chi connectivity index (χ3n) is 2.25. The number of halogens is 1. The van der Waals surface area contributed by atoms with Crippen molar-refractivity contribution in [2.45, 2.75) is 6.42 Å². The van der Waals surface area contributed by atoms with Gasteiger partial charge in [0.15, 0.2) is 0 Å². The standard InChI is InChI=1S/C12H13BrN2S/c1-14-6-5-11-8-15-12(16-11)9-3-2-4-10(13)7-9/h2-4,7-8,14H,5-6H2,1H3. The Kier molecular flexibility index (Phi) is 4.09. The van der Waals surface area contributed by atoms with E-state index in [9.17, 15) is 0 Å². The molecule has 0 aliphatic carbocycles. The highest BCUT2D eigenvalue weighted by molar-refractivity contribution is 9.10. The third kappa shape index (κ3) is 2.90. The van der Waals surface area contributed by atoms with Crippen LogP contribution in [0.3, 0.4) is 0 Å². The van der Waals surface area contributed by atoms with E-state index in [1.807, 2.05) is 25.4 Å². The first-order valence-corrected chi connectivity index (χ1v) is 6.76. The summed E-state index contributed by atoms with van der Waals surface area (Å²) >= 11 is 5.24. The van der Waals surface area contributed by atoms with Crippen LogP contribution in [-0.4, -0.2) is 18.6 Å². The minimum absolute atomic E-state index is 1.00. The second kappa shape index (κ2) is 5.57. The molecule has 4 heteroatoms. The van der Waals surface area contributed by atoms with Gasteiger partial charge in [-0.05, 0) is 32.1 Å². The molecule has 0 unspecified atom stereocenters. The van der Waals surface area contributed by atoms with E-state index >= 15 is 0 Å². The number of hydrogen-bond donors (Lipinski definition) is 1. The Labute approximate surface area is 108 Å². The van der Waals surface area contributed by atoms with Crippen LogP contribution in [-0.2, 0) is 6.42 Å². The average molecular weight is 297 g/mol. The Hall–Kier alpha value is -0.710. The van der Waals surface area contributed by atoms with Gasteiger partial charge < -0.3 is 5.32 Å². The van der Waals surface area contributed by atoms with Crippen molar-refractivity contribution in [1.82, 2.24) is 10.3 Å². The molecule has 1 aromatic carbocycles. The van der Waals surface area contributed by atoms with Gasteiger partial charge in [0.2, 0.25) is 0 Å². The number of hydrogen-bond acceptors (Lipinski definition) is 3. The third-order valence-corrected chi connectivity index (χ3v) is 3.85. The van der Waals surface area contributed by atoms with Gasteiger partial charge in [0, 0.05) is 21.1 Å². The largest absolute Gasteiger partial charge is 0.319 e. The Balaban J connectivity index is 2.18. The molecule has 0 saturated carbocycles. The lowest BCUT2D eigenvalue weighted by molar-refractivity contribution is 0.798. The summed E-state index contributed by atoms with van der Waals surface area (Å²) in [6, 6.07) is 8.25. The summed E-state index contributed by atoms with van der Waals surface area (Å²) in [4.78, 5) is 5.77. The minimum atomic E-state index is 1.00. The molecular weight excluding hydrogens is 284 g/mol. The van der Waals surface area contributed by atoms with Gasteiger partial charge in [0.25, 0.3) is 0 Å². The van der Waals surface area contributed by atoms with Crippen LogP contribution in [0.1, 0.15) is 4.88 Å². The van der Waals surface area contributed by atoms with Gasteiger partial charge in [-0.25, -0.2) is 4.98 Å². The summed E-state index contributed by atoms with van der Waals surface area (Å²) in [6.45, 7) is 1.00. The van der Waals surface area contributed by atoms with Crippen LogP contribution in [0.25, 0.3) is 10.6 Å². The molecule has 0 aliphatic heterocycles. The quantitative estimate of drug-likeness (QED) is 0.936. The number of likely N-dealkylation sites (N-methyl/N-ethyl adjacent to an activating group) is 1. The Bertz CT molecular complexity index is 468. The van der Waals surface area contributed by atoms with E-state index in [1.165, 1.54) is 10.4 Å². The molecule has 84 valence electrons. The molecule has 1 N–H and O–H groups in total. The van der Waals surface area contributed by atoms with Gasteiger partial charge in [-0.1, -0.05) is 28.1 Å². The van der Waals surface area contributed by atoms with E-state index in [1.54, 1.807) is 11.3 Å². The van der Waals surface area contributed by atoms with Crippen molar-refractivity contribution in [3.8, 4) is 10.6 Å². The van der Waals surface area contributed by atoms with Crippen LogP contribution in [0.2, 0.25) is 0 Å². The second-order valence-electron chi connectivity index (χ2n) is 3.50. The van der Waals surface area contributed by atoms with Crippen LogP contribution < -0.4 is 5.32 Å². The van der Waals surface area contributed by atoms with Crippen molar-refractivity contribution in [3.63, 3.8) is 0 Å². The SMILES string of the molecule is CNCCc1cnc(-c2cccc(Br)c2)s1. The van der Waals surface area contributed by atoms with E-state index in [0.717, 1.165) is 22.4 Å². The molecule has 2 aromatic rings. The number of aromatic nitrogens is 1. The number of nitrogens with one attached hydrogen (secondary N) is 1. The fourth-order valence-corrected chi connectivity index (χ4v) is 2.73. The molecule has 2 nitrogen and oxygen atoms in total.